The number of ether oxygens (including phenoxy) is 1. The van der Waals surface area contributed by atoms with Crippen LogP contribution in [0.5, 0.6) is 0 Å². The molecule has 0 fully saturated rings. The number of carbonyl (C=O) groups excluding carboxylic acids is 1. The average molecular weight is 326 g/mol. The molecular weight excluding hydrogens is 313 g/mol. The van der Waals surface area contributed by atoms with Crippen LogP contribution in [0.15, 0.2) is 24.4 Å². The Morgan fingerprint density at radius 1 is 1.29 bits per heavy atom. The highest BCUT2D eigenvalue weighted by atomic mass is 35.5. The highest BCUT2D eigenvalue weighted by Crippen LogP contribution is 2.24. The highest BCUT2D eigenvalue weighted by Gasteiger charge is 2.12. The number of esters is 1. The molecule has 21 heavy (non-hydrogen) atoms. The maximum atomic E-state index is 11.7. The minimum Gasteiger partial charge on any atom is -0.462 e. The number of aromatic nitrogens is 2. The highest BCUT2D eigenvalue weighted by molar-refractivity contribution is 6.35. The summed E-state index contributed by atoms with van der Waals surface area (Å²) in [6.07, 6.45) is 1.43. The summed E-state index contributed by atoms with van der Waals surface area (Å²) < 4.78 is 4.92. The third-order valence-electron chi connectivity index (χ3n) is 2.59. The molecule has 1 aromatic carbocycles. The Balaban J connectivity index is 2.22. The van der Waals surface area contributed by atoms with Gasteiger partial charge in [0, 0.05) is 21.9 Å². The third-order valence-corrected chi connectivity index (χ3v) is 3.03. The van der Waals surface area contributed by atoms with Gasteiger partial charge in [0.05, 0.1) is 17.9 Å². The van der Waals surface area contributed by atoms with E-state index in [1.807, 2.05) is 0 Å². The van der Waals surface area contributed by atoms with E-state index in [0.29, 0.717) is 39.5 Å². The molecule has 1 N–H and O–H groups in total. The van der Waals surface area contributed by atoms with Crippen LogP contribution in [-0.4, -0.2) is 22.5 Å². The number of nitrogens with one attached hydrogen (secondary N) is 1. The van der Waals surface area contributed by atoms with E-state index < -0.39 is 5.97 Å². The molecule has 0 saturated heterocycles. The van der Waals surface area contributed by atoms with Crippen molar-refractivity contribution < 1.29 is 9.53 Å². The topological polar surface area (TPSA) is 64.1 Å². The lowest BCUT2D eigenvalue weighted by Crippen LogP contribution is -2.10. The normalized spacial score (nSPS) is 10.3. The number of carbonyl (C=O) groups is 1. The molecule has 0 spiro atoms. The van der Waals surface area contributed by atoms with Crippen molar-refractivity contribution in [2.24, 2.45) is 0 Å². The van der Waals surface area contributed by atoms with Gasteiger partial charge in [0.15, 0.2) is 0 Å². The zero-order chi connectivity index (χ0) is 15.4. The van der Waals surface area contributed by atoms with E-state index in [9.17, 15) is 4.79 Å². The lowest BCUT2D eigenvalue weighted by molar-refractivity contribution is 0.0524. The Morgan fingerprint density at radius 2 is 1.95 bits per heavy atom. The van der Waals surface area contributed by atoms with Crippen molar-refractivity contribution in [3.8, 4) is 0 Å². The number of nitrogens with zero attached hydrogens (tertiary/aromatic N) is 2. The van der Waals surface area contributed by atoms with Crippen molar-refractivity contribution in [2.75, 3.05) is 11.9 Å². The number of hydrogen-bond donors (Lipinski definition) is 1. The minimum absolute atomic E-state index is 0.305. The fraction of sp³-hybridized carbons (Fsp3) is 0.214. The van der Waals surface area contributed by atoms with Gasteiger partial charge in [0.2, 0.25) is 5.95 Å². The molecule has 0 saturated carbocycles. The fourth-order valence-electron chi connectivity index (χ4n) is 1.69. The van der Waals surface area contributed by atoms with Crippen LogP contribution in [0.4, 0.5) is 11.6 Å². The SMILES string of the molecule is CCOC(=O)c1cnc(Nc2cc(Cl)cc(Cl)c2)nc1C. The Kier molecular flexibility index (Phi) is 4.98. The van der Waals surface area contributed by atoms with Crippen LogP contribution < -0.4 is 5.32 Å². The molecule has 0 unspecified atom stereocenters. The summed E-state index contributed by atoms with van der Waals surface area (Å²) in [5.74, 6) is -0.0915. The van der Waals surface area contributed by atoms with Crippen molar-refractivity contribution in [1.29, 1.82) is 0 Å². The Hall–Kier alpha value is -1.85. The predicted molar refractivity (Wildman–Crippen MR) is 82.5 cm³/mol. The summed E-state index contributed by atoms with van der Waals surface area (Å²) in [6.45, 7) is 3.76. The van der Waals surface area contributed by atoms with Crippen LogP contribution in [0.3, 0.4) is 0 Å². The number of anilines is 2. The molecule has 2 rings (SSSR count). The first-order chi connectivity index (χ1) is 9.99. The lowest BCUT2D eigenvalue weighted by Gasteiger charge is -2.08. The number of benzene rings is 1. The van der Waals surface area contributed by atoms with Crippen molar-refractivity contribution in [2.45, 2.75) is 13.8 Å². The largest absolute Gasteiger partial charge is 0.462 e. The van der Waals surface area contributed by atoms with Crippen LogP contribution in [0.25, 0.3) is 0 Å². The average Bonchev–Trinajstić information content (AvgIpc) is 2.37. The number of rotatable bonds is 4. The second-order valence-electron chi connectivity index (χ2n) is 4.20. The third kappa shape index (κ3) is 4.06. The minimum atomic E-state index is -0.438. The second-order valence-corrected chi connectivity index (χ2v) is 5.07. The molecule has 0 amide bonds. The quantitative estimate of drug-likeness (QED) is 0.860. The molecule has 110 valence electrons. The predicted octanol–water partition coefficient (Wildman–Crippen LogP) is 4.01. The summed E-state index contributed by atoms with van der Waals surface area (Å²) in [7, 11) is 0. The van der Waals surface area contributed by atoms with Gasteiger partial charge in [0.25, 0.3) is 0 Å². The van der Waals surface area contributed by atoms with E-state index in [-0.39, 0.29) is 0 Å². The van der Waals surface area contributed by atoms with Crippen LogP contribution >= 0.6 is 23.2 Å². The standard InChI is InChI=1S/C14H13Cl2N3O2/c1-3-21-13(20)12-7-17-14(18-8(12)2)19-11-5-9(15)4-10(16)6-11/h4-7H,3H2,1-2H3,(H,17,18,19). The summed E-state index contributed by atoms with van der Waals surface area (Å²) in [4.78, 5) is 20.0. The summed E-state index contributed by atoms with van der Waals surface area (Å²) in [5, 5.41) is 3.99. The van der Waals surface area contributed by atoms with Gasteiger partial charge < -0.3 is 10.1 Å². The van der Waals surface area contributed by atoms with E-state index in [1.165, 1.54) is 6.20 Å². The van der Waals surface area contributed by atoms with Crippen LogP contribution in [0.2, 0.25) is 10.0 Å². The first-order valence-corrected chi connectivity index (χ1v) is 6.99. The molecule has 1 heterocycles. The summed E-state index contributed by atoms with van der Waals surface area (Å²) >= 11 is 11.8. The molecule has 0 bridgehead atoms. The Bertz CT molecular complexity index is 657. The molecule has 7 heteroatoms. The summed E-state index contributed by atoms with van der Waals surface area (Å²) in [6, 6.07) is 5.03. The zero-order valence-electron chi connectivity index (χ0n) is 11.5. The van der Waals surface area contributed by atoms with E-state index in [1.54, 1.807) is 32.0 Å². The van der Waals surface area contributed by atoms with Crippen molar-refractivity contribution in [1.82, 2.24) is 9.97 Å². The van der Waals surface area contributed by atoms with Gasteiger partial charge in [-0.05, 0) is 32.0 Å². The number of halogens is 2. The Morgan fingerprint density at radius 3 is 2.52 bits per heavy atom. The van der Waals surface area contributed by atoms with Crippen molar-refractivity contribution in [3.63, 3.8) is 0 Å². The molecule has 0 aliphatic rings. The first kappa shape index (κ1) is 15.5. The molecule has 0 radical (unpaired) electrons. The van der Waals surface area contributed by atoms with E-state index in [0.717, 1.165) is 0 Å². The molecule has 2 aromatic rings. The van der Waals surface area contributed by atoms with Gasteiger partial charge in [-0.15, -0.1) is 0 Å². The maximum absolute atomic E-state index is 11.7. The second kappa shape index (κ2) is 6.74. The Labute approximate surface area is 132 Å². The van der Waals surface area contributed by atoms with E-state index in [4.69, 9.17) is 27.9 Å². The monoisotopic (exact) mass is 325 g/mol. The van der Waals surface area contributed by atoms with Crippen LogP contribution in [0, 0.1) is 6.92 Å². The van der Waals surface area contributed by atoms with Gasteiger partial charge in [-0.2, -0.15) is 0 Å². The van der Waals surface area contributed by atoms with Gasteiger partial charge in [-0.1, -0.05) is 23.2 Å². The van der Waals surface area contributed by atoms with Crippen molar-refractivity contribution >= 4 is 40.8 Å². The zero-order valence-corrected chi connectivity index (χ0v) is 13.0. The molecule has 5 nitrogen and oxygen atoms in total. The molecule has 0 aliphatic heterocycles. The first-order valence-electron chi connectivity index (χ1n) is 6.23. The maximum Gasteiger partial charge on any atom is 0.341 e. The molecular formula is C14H13Cl2N3O2. The lowest BCUT2D eigenvalue weighted by atomic mass is 10.2. The fourth-order valence-corrected chi connectivity index (χ4v) is 2.22. The summed E-state index contributed by atoms with van der Waals surface area (Å²) in [5.41, 5.74) is 1.53. The molecule has 0 aliphatic carbocycles. The number of aryl methyl sites for hydroxylation is 1. The molecule has 1 aromatic heterocycles. The number of hydrogen-bond acceptors (Lipinski definition) is 5. The van der Waals surface area contributed by atoms with Gasteiger partial charge in [-0.25, -0.2) is 14.8 Å². The molecule has 0 atom stereocenters. The van der Waals surface area contributed by atoms with Gasteiger partial charge >= 0.3 is 5.97 Å². The van der Waals surface area contributed by atoms with Crippen LogP contribution in [0.1, 0.15) is 23.0 Å². The van der Waals surface area contributed by atoms with E-state index in [2.05, 4.69) is 15.3 Å². The van der Waals surface area contributed by atoms with Crippen LogP contribution in [-0.2, 0) is 4.74 Å². The van der Waals surface area contributed by atoms with Gasteiger partial charge in [0.1, 0.15) is 0 Å². The smallest absolute Gasteiger partial charge is 0.341 e. The van der Waals surface area contributed by atoms with E-state index >= 15 is 0 Å². The van der Waals surface area contributed by atoms with Crippen molar-refractivity contribution in [3.05, 3.63) is 45.7 Å². The van der Waals surface area contributed by atoms with Gasteiger partial charge in [-0.3, -0.25) is 0 Å².